The van der Waals surface area contributed by atoms with Crippen LogP contribution in [0.2, 0.25) is 0 Å². The highest BCUT2D eigenvalue weighted by Gasteiger charge is 2.14. The number of methoxy groups -OCH3 is 1. The Bertz CT molecular complexity index is 233. The Morgan fingerprint density at radius 1 is 1.24 bits per heavy atom. The third-order valence-electron chi connectivity index (χ3n) is 3.41. The molecule has 0 amide bonds. The topological polar surface area (TPSA) is 50.9 Å². The van der Waals surface area contributed by atoms with Crippen LogP contribution in [0.3, 0.4) is 0 Å². The van der Waals surface area contributed by atoms with Gasteiger partial charge in [-0.15, -0.1) is 0 Å². The molecule has 100 valence electrons. The summed E-state index contributed by atoms with van der Waals surface area (Å²) in [6.45, 7) is 7.05. The van der Waals surface area contributed by atoms with Crippen LogP contribution in [0.25, 0.3) is 0 Å². The minimum Gasteiger partial charge on any atom is -0.379 e. The van der Waals surface area contributed by atoms with Gasteiger partial charge in [0.1, 0.15) is 0 Å². The summed E-state index contributed by atoms with van der Waals surface area (Å²) in [5, 5.41) is 0. The van der Waals surface area contributed by atoms with Gasteiger partial charge in [0, 0.05) is 20.2 Å². The monoisotopic (exact) mass is 241 g/mol. The first kappa shape index (κ1) is 14.3. The highest BCUT2D eigenvalue weighted by atomic mass is 16.5. The molecule has 1 aliphatic heterocycles. The quantitative estimate of drug-likeness (QED) is 0.603. The van der Waals surface area contributed by atoms with Gasteiger partial charge in [-0.2, -0.15) is 0 Å². The standard InChI is InChI=1S/C13H27N3O/c1-11(2)12(17-3)10-15-13(14)16-8-6-4-5-7-9-16/h11-12H,4-10H2,1-3H3,(H2,14,15). The zero-order valence-electron chi connectivity index (χ0n) is 11.5. The van der Waals surface area contributed by atoms with Gasteiger partial charge in [0.15, 0.2) is 5.96 Å². The second kappa shape index (κ2) is 7.54. The molecule has 1 aliphatic rings. The Morgan fingerprint density at radius 3 is 2.29 bits per heavy atom. The molecule has 0 aromatic carbocycles. The van der Waals surface area contributed by atoms with E-state index in [1.807, 2.05) is 0 Å². The van der Waals surface area contributed by atoms with Crippen LogP contribution in [0.5, 0.6) is 0 Å². The lowest BCUT2D eigenvalue weighted by Crippen LogP contribution is -2.39. The molecule has 4 heteroatoms. The van der Waals surface area contributed by atoms with Crippen molar-refractivity contribution < 1.29 is 4.74 Å². The Labute approximate surface area is 105 Å². The zero-order chi connectivity index (χ0) is 12.7. The lowest BCUT2D eigenvalue weighted by atomic mass is 10.1. The minimum absolute atomic E-state index is 0.167. The highest BCUT2D eigenvalue weighted by Crippen LogP contribution is 2.10. The minimum atomic E-state index is 0.167. The van der Waals surface area contributed by atoms with Crippen LogP contribution in [-0.2, 0) is 4.74 Å². The smallest absolute Gasteiger partial charge is 0.191 e. The van der Waals surface area contributed by atoms with E-state index in [-0.39, 0.29) is 6.10 Å². The van der Waals surface area contributed by atoms with Crippen molar-refractivity contribution in [2.75, 3.05) is 26.7 Å². The molecule has 0 aromatic heterocycles. The Morgan fingerprint density at radius 2 is 1.82 bits per heavy atom. The second-order valence-electron chi connectivity index (χ2n) is 5.12. The largest absolute Gasteiger partial charge is 0.379 e. The fourth-order valence-corrected chi connectivity index (χ4v) is 2.14. The van der Waals surface area contributed by atoms with Crippen molar-refractivity contribution >= 4 is 5.96 Å². The summed E-state index contributed by atoms with van der Waals surface area (Å²) in [4.78, 5) is 6.69. The first-order chi connectivity index (χ1) is 8.15. The summed E-state index contributed by atoms with van der Waals surface area (Å²) in [5.74, 6) is 1.16. The van der Waals surface area contributed by atoms with Crippen LogP contribution in [0.1, 0.15) is 39.5 Å². The van der Waals surface area contributed by atoms with Gasteiger partial charge >= 0.3 is 0 Å². The third-order valence-corrected chi connectivity index (χ3v) is 3.41. The van der Waals surface area contributed by atoms with Gasteiger partial charge in [-0.05, 0) is 18.8 Å². The maximum Gasteiger partial charge on any atom is 0.191 e. The zero-order valence-corrected chi connectivity index (χ0v) is 11.5. The molecular formula is C13H27N3O. The van der Waals surface area contributed by atoms with E-state index in [9.17, 15) is 0 Å². The fourth-order valence-electron chi connectivity index (χ4n) is 2.14. The number of nitrogens with two attached hydrogens (primary N) is 1. The van der Waals surface area contributed by atoms with E-state index in [0.29, 0.717) is 18.4 Å². The van der Waals surface area contributed by atoms with Crippen molar-refractivity contribution in [3.63, 3.8) is 0 Å². The number of nitrogens with zero attached hydrogens (tertiary/aromatic N) is 2. The van der Waals surface area contributed by atoms with Crippen molar-refractivity contribution in [2.24, 2.45) is 16.6 Å². The molecule has 1 heterocycles. The number of likely N-dealkylation sites (tertiary alicyclic amines) is 1. The lowest BCUT2D eigenvalue weighted by molar-refractivity contribution is 0.0722. The molecule has 0 radical (unpaired) electrons. The lowest BCUT2D eigenvalue weighted by Gasteiger charge is -2.22. The molecule has 1 unspecified atom stereocenters. The van der Waals surface area contributed by atoms with Gasteiger partial charge in [-0.25, -0.2) is 0 Å². The molecule has 1 saturated heterocycles. The first-order valence-electron chi connectivity index (χ1n) is 6.72. The second-order valence-corrected chi connectivity index (χ2v) is 5.12. The van der Waals surface area contributed by atoms with E-state index in [2.05, 4.69) is 23.7 Å². The molecule has 0 aromatic rings. The summed E-state index contributed by atoms with van der Waals surface area (Å²) in [7, 11) is 1.74. The molecular weight excluding hydrogens is 214 g/mol. The van der Waals surface area contributed by atoms with Crippen LogP contribution in [0.15, 0.2) is 4.99 Å². The van der Waals surface area contributed by atoms with Gasteiger partial charge in [-0.1, -0.05) is 26.7 Å². The van der Waals surface area contributed by atoms with Crippen molar-refractivity contribution in [1.82, 2.24) is 4.90 Å². The van der Waals surface area contributed by atoms with Crippen molar-refractivity contribution in [2.45, 2.75) is 45.6 Å². The average Bonchev–Trinajstić information content (AvgIpc) is 2.57. The number of guanidine groups is 1. The summed E-state index contributed by atoms with van der Waals surface area (Å²) in [6.07, 6.45) is 5.26. The summed E-state index contributed by atoms with van der Waals surface area (Å²) in [6, 6.07) is 0. The molecule has 1 rings (SSSR count). The molecule has 2 N–H and O–H groups in total. The Kier molecular flexibility index (Phi) is 6.34. The van der Waals surface area contributed by atoms with Gasteiger partial charge < -0.3 is 15.4 Å². The molecule has 4 nitrogen and oxygen atoms in total. The SMILES string of the molecule is COC(CN=C(N)N1CCCCCC1)C(C)C. The van der Waals surface area contributed by atoms with Crippen LogP contribution < -0.4 is 5.73 Å². The van der Waals surface area contributed by atoms with Gasteiger partial charge in [0.05, 0.1) is 12.6 Å². The number of hydrogen-bond acceptors (Lipinski definition) is 2. The average molecular weight is 241 g/mol. The van der Waals surface area contributed by atoms with E-state index in [0.717, 1.165) is 13.1 Å². The highest BCUT2D eigenvalue weighted by molar-refractivity contribution is 5.78. The van der Waals surface area contributed by atoms with E-state index < -0.39 is 0 Å². The number of hydrogen-bond donors (Lipinski definition) is 1. The molecule has 0 spiro atoms. The summed E-state index contributed by atoms with van der Waals surface area (Å²) < 4.78 is 5.39. The number of rotatable bonds is 4. The van der Waals surface area contributed by atoms with Crippen LogP contribution in [-0.4, -0.2) is 43.7 Å². The maximum absolute atomic E-state index is 6.04. The van der Waals surface area contributed by atoms with Crippen LogP contribution >= 0.6 is 0 Å². The molecule has 0 saturated carbocycles. The van der Waals surface area contributed by atoms with E-state index in [4.69, 9.17) is 10.5 Å². The predicted octanol–water partition coefficient (Wildman–Crippen LogP) is 1.85. The summed E-state index contributed by atoms with van der Waals surface area (Å²) in [5.41, 5.74) is 6.04. The van der Waals surface area contributed by atoms with E-state index in [1.54, 1.807) is 7.11 Å². The normalized spacial score (nSPS) is 20.5. The van der Waals surface area contributed by atoms with Crippen molar-refractivity contribution in [3.8, 4) is 0 Å². The van der Waals surface area contributed by atoms with Gasteiger partial charge in [0.2, 0.25) is 0 Å². The van der Waals surface area contributed by atoms with Crippen LogP contribution in [0, 0.1) is 5.92 Å². The van der Waals surface area contributed by atoms with E-state index >= 15 is 0 Å². The van der Waals surface area contributed by atoms with Crippen molar-refractivity contribution in [1.29, 1.82) is 0 Å². The molecule has 0 aliphatic carbocycles. The Balaban J connectivity index is 2.46. The molecule has 1 atom stereocenters. The predicted molar refractivity (Wildman–Crippen MR) is 72.2 cm³/mol. The third kappa shape index (κ3) is 4.94. The van der Waals surface area contributed by atoms with Gasteiger partial charge in [-0.3, -0.25) is 4.99 Å². The Hall–Kier alpha value is -0.770. The van der Waals surface area contributed by atoms with E-state index in [1.165, 1.54) is 25.7 Å². The fraction of sp³-hybridized carbons (Fsp3) is 0.923. The first-order valence-corrected chi connectivity index (χ1v) is 6.72. The number of ether oxygens (including phenoxy) is 1. The van der Waals surface area contributed by atoms with Crippen molar-refractivity contribution in [3.05, 3.63) is 0 Å². The molecule has 17 heavy (non-hydrogen) atoms. The van der Waals surface area contributed by atoms with Crippen LogP contribution in [0.4, 0.5) is 0 Å². The van der Waals surface area contributed by atoms with Gasteiger partial charge in [0.25, 0.3) is 0 Å². The molecule has 1 fully saturated rings. The maximum atomic E-state index is 6.04. The summed E-state index contributed by atoms with van der Waals surface area (Å²) >= 11 is 0. The molecule has 0 bridgehead atoms. The number of aliphatic imine (C=N–C) groups is 1.